The summed E-state index contributed by atoms with van der Waals surface area (Å²) in [5, 5.41) is 0. The molecule has 1 rings (SSSR count). The second-order valence-electron chi connectivity index (χ2n) is 13.2. The van der Waals surface area contributed by atoms with Crippen molar-refractivity contribution < 1.29 is 18.9 Å². The Morgan fingerprint density at radius 2 is 1.49 bits per heavy atom. The zero-order valence-corrected chi connectivity index (χ0v) is 25.2. The van der Waals surface area contributed by atoms with Crippen molar-refractivity contribution in [2.24, 2.45) is 34.5 Å². The van der Waals surface area contributed by atoms with E-state index in [1.54, 1.807) is 14.2 Å². The molecule has 1 aliphatic rings. The molecule has 0 aliphatic heterocycles. The maximum atomic E-state index is 6.37. The van der Waals surface area contributed by atoms with E-state index in [9.17, 15) is 0 Å². The molecular weight excluding hydrogens is 436 g/mol. The predicted molar refractivity (Wildman–Crippen MR) is 149 cm³/mol. The molecule has 4 heteroatoms. The smallest absolute Gasteiger partial charge is 0.0714 e. The fourth-order valence-electron chi connectivity index (χ4n) is 6.30. The summed E-state index contributed by atoms with van der Waals surface area (Å²) in [6.07, 6.45) is 9.92. The third-order valence-corrected chi connectivity index (χ3v) is 7.94. The summed E-state index contributed by atoms with van der Waals surface area (Å²) in [5.74, 6) is 2.14. The molecule has 0 amide bonds. The van der Waals surface area contributed by atoms with Crippen molar-refractivity contribution >= 4 is 0 Å². The van der Waals surface area contributed by atoms with Gasteiger partial charge in [0.25, 0.3) is 0 Å². The first-order valence-electron chi connectivity index (χ1n) is 14.2. The minimum Gasteiger partial charge on any atom is -0.384 e. The number of hydrogen-bond acceptors (Lipinski definition) is 4. The Hall–Kier alpha value is -0.420. The summed E-state index contributed by atoms with van der Waals surface area (Å²) in [6, 6.07) is 0. The van der Waals surface area contributed by atoms with E-state index in [0.29, 0.717) is 36.6 Å². The van der Waals surface area contributed by atoms with Gasteiger partial charge in [-0.1, -0.05) is 73.0 Å². The van der Waals surface area contributed by atoms with Crippen LogP contribution in [0.3, 0.4) is 0 Å². The highest BCUT2D eigenvalue weighted by Gasteiger charge is 2.37. The minimum atomic E-state index is 0.123. The molecule has 1 aliphatic carbocycles. The number of ether oxygens (including phenoxy) is 4. The second-order valence-corrected chi connectivity index (χ2v) is 13.2. The van der Waals surface area contributed by atoms with Crippen LogP contribution in [-0.2, 0) is 18.9 Å². The molecule has 0 bridgehead atoms. The van der Waals surface area contributed by atoms with E-state index in [4.69, 9.17) is 18.9 Å². The van der Waals surface area contributed by atoms with Gasteiger partial charge in [0.05, 0.1) is 38.6 Å². The van der Waals surface area contributed by atoms with Crippen molar-refractivity contribution in [1.82, 2.24) is 0 Å². The van der Waals surface area contributed by atoms with Gasteiger partial charge in [0.15, 0.2) is 0 Å². The number of rotatable bonds is 16. The summed E-state index contributed by atoms with van der Waals surface area (Å²) >= 11 is 0. The highest BCUT2D eigenvalue weighted by molar-refractivity contribution is 5.10. The van der Waals surface area contributed by atoms with Gasteiger partial charge in [-0.2, -0.15) is 0 Å². The lowest BCUT2D eigenvalue weighted by Gasteiger charge is -2.44. The summed E-state index contributed by atoms with van der Waals surface area (Å²) in [5.41, 5.74) is 2.08. The fourth-order valence-corrected chi connectivity index (χ4v) is 6.30. The molecule has 0 spiro atoms. The van der Waals surface area contributed by atoms with Gasteiger partial charge in [0, 0.05) is 26.1 Å². The second kappa shape index (κ2) is 15.7. The van der Waals surface area contributed by atoms with Gasteiger partial charge in [-0.05, 0) is 62.2 Å². The first kappa shape index (κ1) is 32.6. The van der Waals surface area contributed by atoms with Crippen LogP contribution in [-0.4, -0.2) is 52.9 Å². The Balaban J connectivity index is 2.53. The van der Waals surface area contributed by atoms with Gasteiger partial charge in [-0.15, -0.1) is 0 Å². The third-order valence-electron chi connectivity index (χ3n) is 7.94. The summed E-state index contributed by atoms with van der Waals surface area (Å²) < 4.78 is 23.5. The van der Waals surface area contributed by atoms with Crippen LogP contribution in [0.4, 0.5) is 0 Å². The zero-order valence-electron chi connectivity index (χ0n) is 25.2. The number of hydrogen-bond donors (Lipinski definition) is 0. The highest BCUT2D eigenvalue weighted by Crippen LogP contribution is 2.46. The van der Waals surface area contributed by atoms with Crippen molar-refractivity contribution in [3.63, 3.8) is 0 Å². The van der Waals surface area contributed by atoms with Crippen LogP contribution in [0, 0.1) is 34.5 Å². The van der Waals surface area contributed by atoms with Crippen molar-refractivity contribution in [3.8, 4) is 0 Å². The molecule has 35 heavy (non-hydrogen) atoms. The number of allylic oxidation sites excluding steroid dienone is 1. The molecule has 0 saturated heterocycles. The van der Waals surface area contributed by atoms with Gasteiger partial charge in [-0.3, -0.25) is 0 Å². The first-order chi connectivity index (χ1) is 16.3. The third kappa shape index (κ3) is 11.7. The van der Waals surface area contributed by atoms with E-state index < -0.39 is 0 Å². The molecule has 0 saturated carbocycles. The first-order valence-corrected chi connectivity index (χ1v) is 14.2. The van der Waals surface area contributed by atoms with Crippen LogP contribution in [0.1, 0.15) is 101 Å². The fraction of sp³-hybridized carbons (Fsp3) is 0.935. The van der Waals surface area contributed by atoms with Crippen LogP contribution in [0.15, 0.2) is 11.6 Å². The highest BCUT2D eigenvalue weighted by atomic mass is 16.5. The molecule has 0 fully saturated rings. The molecule has 0 radical (unpaired) electrons. The van der Waals surface area contributed by atoms with E-state index in [0.717, 1.165) is 31.3 Å². The molecule has 0 aromatic carbocycles. The summed E-state index contributed by atoms with van der Waals surface area (Å²) in [4.78, 5) is 0. The molecule has 208 valence electrons. The Labute approximate surface area is 218 Å². The molecular formula is C31H60O4. The van der Waals surface area contributed by atoms with Crippen molar-refractivity contribution in [1.29, 1.82) is 0 Å². The molecule has 0 heterocycles. The lowest BCUT2D eigenvalue weighted by molar-refractivity contribution is -0.0796. The van der Waals surface area contributed by atoms with Gasteiger partial charge < -0.3 is 18.9 Å². The molecule has 0 N–H and O–H groups in total. The molecule has 0 aromatic rings. The summed E-state index contributed by atoms with van der Waals surface area (Å²) in [6.45, 7) is 24.0. The maximum absolute atomic E-state index is 6.37. The van der Waals surface area contributed by atoms with Crippen LogP contribution >= 0.6 is 0 Å². The molecule has 6 atom stereocenters. The average Bonchev–Trinajstić information content (AvgIpc) is 2.73. The number of methoxy groups -OCH3 is 2. The van der Waals surface area contributed by atoms with E-state index in [1.807, 2.05) is 0 Å². The minimum absolute atomic E-state index is 0.123. The quantitative estimate of drug-likeness (QED) is 0.160. The molecule has 4 nitrogen and oxygen atoms in total. The van der Waals surface area contributed by atoms with Gasteiger partial charge >= 0.3 is 0 Å². The Bertz CT molecular complexity index is 586. The van der Waals surface area contributed by atoms with E-state index >= 15 is 0 Å². The Morgan fingerprint density at radius 3 is 2.03 bits per heavy atom. The van der Waals surface area contributed by atoms with Crippen LogP contribution in [0.5, 0.6) is 0 Å². The van der Waals surface area contributed by atoms with E-state index in [1.165, 1.54) is 31.3 Å². The topological polar surface area (TPSA) is 36.9 Å². The van der Waals surface area contributed by atoms with Crippen LogP contribution in [0.25, 0.3) is 0 Å². The molecule has 0 aromatic heterocycles. The average molecular weight is 497 g/mol. The van der Waals surface area contributed by atoms with Gasteiger partial charge in [-0.25, -0.2) is 0 Å². The van der Waals surface area contributed by atoms with Crippen LogP contribution in [0.2, 0.25) is 0 Å². The standard InChI is InChI=1S/C31H60O4/c1-12-14-27(30(4,5)6)28(31(7,8)9)16-13-15-24(3)34-17-18-35-29-25(21-32-10)19-23(2)20-26(29)22-33-11/h19,24-29H,12-18,20-22H2,1-11H3. The van der Waals surface area contributed by atoms with E-state index in [2.05, 4.69) is 68.4 Å². The maximum Gasteiger partial charge on any atom is 0.0714 e. The van der Waals surface area contributed by atoms with Crippen molar-refractivity contribution in [2.45, 2.75) is 113 Å². The predicted octanol–water partition coefficient (Wildman–Crippen LogP) is 7.95. The van der Waals surface area contributed by atoms with Gasteiger partial charge in [0.2, 0.25) is 0 Å². The SMILES string of the molecule is CCCC(C(CCCC(C)OCCOC1C(COC)C=C(C)CC1COC)C(C)(C)C)C(C)(C)C. The monoisotopic (exact) mass is 496 g/mol. The van der Waals surface area contributed by atoms with Crippen LogP contribution < -0.4 is 0 Å². The van der Waals surface area contributed by atoms with E-state index in [-0.39, 0.29) is 18.1 Å². The molecule has 6 unspecified atom stereocenters. The largest absolute Gasteiger partial charge is 0.384 e. The Morgan fingerprint density at radius 1 is 0.886 bits per heavy atom. The normalized spacial score (nSPS) is 24.2. The zero-order chi connectivity index (χ0) is 26.6. The van der Waals surface area contributed by atoms with Gasteiger partial charge in [0.1, 0.15) is 0 Å². The van der Waals surface area contributed by atoms with Crippen molar-refractivity contribution in [2.75, 3.05) is 40.6 Å². The Kier molecular flexibility index (Phi) is 14.7. The van der Waals surface area contributed by atoms with Crippen molar-refractivity contribution in [3.05, 3.63) is 11.6 Å². The summed E-state index contributed by atoms with van der Waals surface area (Å²) in [7, 11) is 3.54. The lowest BCUT2D eigenvalue weighted by Crippen LogP contribution is -2.39. The lowest BCUT2D eigenvalue weighted by atomic mass is 9.61.